The molecule has 3 amide bonds. The van der Waals surface area contributed by atoms with Crippen molar-refractivity contribution in [3.8, 4) is 0 Å². The minimum atomic E-state index is -0.888. The van der Waals surface area contributed by atoms with Crippen LogP contribution in [0.5, 0.6) is 0 Å². The van der Waals surface area contributed by atoms with Gasteiger partial charge in [0.25, 0.3) is 5.91 Å². The number of rotatable bonds is 4. The molecule has 1 aromatic carbocycles. The van der Waals surface area contributed by atoms with E-state index in [4.69, 9.17) is 16.4 Å². The average molecular weight is 406 g/mol. The Kier molecular flexibility index (Phi) is 5.40. The number of nitrogens with zero attached hydrogens (tertiary/aromatic N) is 2. The van der Waals surface area contributed by atoms with Crippen molar-refractivity contribution >= 4 is 29.3 Å². The van der Waals surface area contributed by atoms with Crippen LogP contribution in [-0.4, -0.2) is 53.4 Å². The van der Waals surface area contributed by atoms with Gasteiger partial charge in [-0.25, -0.2) is 0 Å². The maximum Gasteiger partial charge on any atom is 0.261 e. The fourth-order valence-electron chi connectivity index (χ4n) is 4.44. The lowest BCUT2D eigenvalue weighted by Crippen LogP contribution is -2.44. The van der Waals surface area contributed by atoms with Crippen LogP contribution in [0, 0.1) is 5.92 Å². The summed E-state index contributed by atoms with van der Waals surface area (Å²) in [7, 11) is 1.46. The third-order valence-electron chi connectivity index (χ3n) is 5.90. The fourth-order valence-corrected chi connectivity index (χ4v) is 4.56. The van der Waals surface area contributed by atoms with Gasteiger partial charge in [0.15, 0.2) is 6.10 Å². The maximum absolute atomic E-state index is 12.7. The molecule has 3 aliphatic rings. The van der Waals surface area contributed by atoms with Crippen molar-refractivity contribution < 1.29 is 19.2 Å². The van der Waals surface area contributed by atoms with Gasteiger partial charge in [0.2, 0.25) is 11.8 Å². The maximum atomic E-state index is 12.7. The number of carbonyl (C=O) groups excluding carboxylic acids is 3. The standard InChI is InChI=1S/C20H24ClN3O4/c1-23-19(26)16-17(12-7-9-13(21)10-8-12)24(28-18(16)20(23)27)11-15(25)22-14-5-3-2-4-6-14/h7-10,14,16-18H,2-6,11H2,1H3,(H,22,25). The smallest absolute Gasteiger partial charge is 0.261 e. The lowest BCUT2D eigenvalue weighted by molar-refractivity contribution is -0.182. The molecule has 2 heterocycles. The molecule has 0 spiro atoms. The van der Waals surface area contributed by atoms with Crippen LogP contribution in [0.1, 0.15) is 43.7 Å². The minimum absolute atomic E-state index is 0.0267. The predicted molar refractivity (Wildman–Crippen MR) is 102 cm³/mol. The molecule has 1 saturated carbocycles. The quantitative estimate of drug-likeness (QED) is 0.776. The van der Waals surface area contributed by atoms with E-state index in [-0.39, 0.29) is 30.3 Å². The third-order valence-corrected chi connectivity index (χ3v) is 6.15. The molecule has 3 atom stereocenters. The van der Waals surface area contributed by atoms with Gasteiger partial charge in [0.05, 0.1) is 12.0 Å². The Bertz CT molecular complexity index is 778. The first kappa shape index (κ1) is 19.4. The number of fused-ring (bicyclic) bond motifs is 1. The normalized spacial score (nSPS) is 28.6. The molecule has 4 rings (SSSR count). The summed E-state index contributed by atoms with van der Waals surface area (Å²) in [6, 6.07) is 6.75. The van der Waals surface area contributed by atoms with E-state index in [0.717, 1.165) is 36.1 Å². The van der Waals surface area contributed by atoms with E-state index < -0.39 is 18.1 Å². The van der Waals surface area contributed by atoms with Crippen molar-refractivity contribution in [3.05, 3.63) is 34.9 Å². The number of hydrogen-bond donors (Lipinski definition) is 1. The van der Waals surface area contributed by atoms with Gasteiger partial charge < -0.3 is 5.32 Å². The van der Waals surface area contributed by atoms with E-state index in [0.29, 0.717) is 5.02 Å². The molecular weight excluding hydrogens is 382 g/mol. The Balaban J connectivity index is 1.54. The van der Waals surface area contributed by atoms with Gasteiger partial charge in [-0.1, -0.05) is 43.0 Å². The molecule has 1 N–H and O–H groups in total. The first-order chi connectivity index (χ1) is 13.5. The van der Waals surface area contributed by atoms with Gasteiger partial charge in [0.1, 0.15) is 6.54 Å². The molecule has 3 unspecified atom stereocenters. The first-order valence-electron chi connectivity index (χ1n) is 9.75. The largest absolute Gasteiger partial charge is 0.352 e. The van der Waals surface area contributed by atoms with Gasteiger partial charge in [-0.05, 0) is 30.5 Å². The highest BCUT2D eigenvalue weighted by atomic mass is 35.5. The van der Waals surface area contributed by atoms with Crippen molar-refractivity contribution in [2.24, 2.45) is 5.92 Å². The highest BCUT2D eigenvalue weighted by Gasteiger charge is 2.58. The van der Waals surface area contributed by atoms with Gasteiger partial charge >= 0.3 is 0 Å². The van der Waals surface area contributed by atoms with Crippen molar-refractivity contribution in [3.63, 3.8) is 0 Å². The summed E-state index contributed by atoms with van der Waals surface area (Å²) in [5.41, 5.74) is 0.791. The number of likely N-dealkylation sites (N-methyl/N-ethyl adjacent to an activating group) is 1. The molecular formula is C20H24ClN3O4. The second-order valence-electron chi connectivity index (χ2n) is 7.76. The van der Waals surface area contributed by atoms with E-state index in [2.05, 4.69) is 5.32 Å². The van der Waals surface area contributed by atoms with Crippen LogP contribution in [0.3, 0.4) is 0 Å². The highest BCUT2D eigenvalue weighted by Crippen LogP contribution is 2.44. The molecule has 7 nitrogen and oxygen atoms in total. The van der Waals surface area contributed by atoms with E-state index >= 15 is 0 Å². The molecule has 0 aromatic heterocycles. The fraction of sp³-hybridized carbons (Fsp3) is 0.550. The van der Waals surface area contributed by atoms with Crippen LogP contribution in [0.4, 0.5) is 0 Å². The molecule has 2 aliphatic heterocycles. The highest BCUT2D eigenvalue weighted by molar-refractivity contribution is 6.30. The van der Waals surface area contributed by atoms with Crippen molar-refractivity contribution in [1.29, 1.82) is 0 Å². The predicted octanol–water partition coefficient (Wildman–Crippen LogP) is 2.06. The molecule has 28 heavy (non-hydrogen) atoms. The van der Waals surface area contributed by atoms with Crippen molar-refractivity contribution in [2.45, 2.75) is 50.3 Å². The summed E-state index contributed by atoms with van der Waals surface area (Å²) >= 11 is 6.00. The van der Waals surface area contributed by atoms with Crippen LogP contribution < -0.4 is 5.32 Å². The molecule has 1 aromatic rings. The second-order valence-corrected chi connectivity index (χ2v) is 8.20. The van der Waals surface area contributed by atoms with Crippen LogP contribution >= 0.6 is 11.6 Å². The lowest BCUT2D eigenvalue weighted by atomic mass is 9.91. The number of benzene rings is 1. The van der Waals surface area contributed by atoms with Crippen molar-refractivity contribution in [1.82, 2.24) is 15.3 Å². The summed E-state index contributed by atoms with van der Waals surface area (Å²) in [6.07, 6.45) is 4.54. The zero-order chi connectivity index (χ0) is 19.8. The Morgan fingerprint density at radius 1 is 1.14 bits per heavy atom. The summed E-state index contributed by atoms with van der Waals surface area (Å²) in [4.78, 5) is 44.6. The monoisotopic (exact) mass is 405 g/mol. The van der Waals surface area contributed by atoms with Gasteiger partial charge in [-0.3, -0.25) is 24.1 Å². The summed E-state index contributed by atoms with van der Waals surface area (Å²) in [5, 5.41) is 5.12. The molecule has 3 fully saturated rings. The number of likely N-dealkylation sites (tertiary alicyclic amines) is 1. The van der Waals surface area contributed by atoms with E-state index in [1.807, 2.05) is 0 Å². The number of amides is 3. The average Bonchev–Trinajstić information content (AvgIpc) is 3.14. The Hall–Kier alpha value is -1.96. The zero-order valence-electron chi connectivity index (χ0n) is 15.8. The van der Waals surface area contributed by atoms with Gasteiger partial charge in [0, 0.05) is 18.1 Å². The molecule has 0 bridgehead atoms. The Morgan fingerprint density at radius 3 is 2.50 bits per heavy atom. The number of carbonyl (C=O) groups is 3. The van der Waals surface area contributed by atoms with Crippen LogP contribution in [-0.2, 0) is 19.2 Å². The topological polar surface area (TPSA) is 79.0 Å². The molecule has 8 heteroatoms. The Morgan fingerprint density at radius 2 is 1.82 bits per heavy atom. The molecule has 1 aliphatic carbocycles. The van der Waals surface area contributed by atoms with E-state index in [1.165, 1.54) is 18.5 Å². The summed E-state index contributed by atoms with van der Waals surface area (Å²) in [6.45, 7) is -0.0267. The number of halogens is 1. The first-order valence-corrected chi connectivity index (χ1v) is 10.1. The summed E-state index contributed by atoms with van der Waals surface area (Å²) < 4.78 is 0. The van der Waals surface area contributed by atoms with Crippen LogP contribution in [0.2, 0.25) is 5.02 Å². The zero-order valence-corrected chi connectivity index (χ0v) is 16.5. The molecule has 150 valence electrons. The number of nitrogens with one attached hydrogen (secondary N) is 1. The van der Waals surface area contributed by atoms with Gasteiger partial charge in [-0.15, -0.1) is 0 Å². The van der Waals surface area contributed by atoms with E-state index in [1.54, 1.807) is 24.3 Å². The summed E-state index contributed by atoms with van der Waals surface area (Å²) in [5.74, 6) is -1.48. The Labute approximate surface area is 168 Å². The van der Waals surface area contributed by atoms with E-state index in [9.17, 15) is 14.4 Å². The number of hydroxylamine groups is 2. The number of imide groups is 1. The van der Waals surface area contributed by atoms with Crippen molar-refractivity contribution in [2.75, 3.05) is 13.6 Å². The van der Waals surface area contributed by atoms with Crippen LogP contribution in [0.25, 0.3) is 0 Å². The van der Waals surface area contributed by atoms with Crippen LogP contribution in [0.15, 0.2) is 24.3 Å². The second kappa shape index (κ2) is 7.81. The SMILES string of the molecule is CN1C(=O)C2ON(CC(=O)NC3CCCCC3)C(c3ccc(Cl)cc3)C2C1=O. The number of hydrogen-bond acceptors (Lipinski definition) is 5. The molecule has 2 saturated heterocycles. The third kappa shape index (κ3) is 3.54. The molecule has 0 radical (unpaired) electrons. The lowest BCUT2D eigenvalue weighted by Gasteiger charge is -2.28. The van der Waals surface area contributed by atoms with Gasteiger partial charge in [-0.2, -0.15) is 5.06 Å². The minimum Gasteiger partial charge on any atom is -0.352 e.